The summed E-state index contributed by atoms with van der Waals surface area (Å²) in [6, 6.07) is 5.23. The average Bonchev–Trinajstić information content (AvgIpc) is 2.40. The van der Waals surface area contributed by atoms with E-state index in [1.165, 1.54) is 6.26 Å². The molecule has 1 aromatic heterocycles. The van der Waals surface area contributed by atoms with Gasteiger partial charge in [-0.25, -0.2) is 13.4 Å². The molecule has 80 valence electrons. The number of oxazole rings is 1. The van der Waals surface area contributed by atoms with E-state index in [1.807, 2.05) is 0 Å². The first-order valence-electron chi connectivity index (χ1n) is 4.48. The summed E-state index contributed by atoms with van der Waals surface area (Å²) in [4.78, 5) is 4.14. The first-order valence-corrected chi connectivity index (χ1v) is 6.54. The Balaban J connectivity index is 2.47. The minimum atomic E-state index is -3.00. The van der Waals surface area contributed by atoms with Crippen LogP contribution in [0.1, 0.15) is 11.5 Å². The largest absolute Gasteiger partial charge is 0.441 e. The standard InChI is InChI=1S/C10H11NO3S/c1-7-11-9-5-8(6-15(2,12)13)3-4-10(9)14-7/h3-5H,6H2,1-2H3. The van der Waals surface area contributed by atoms with Crippen LogP contribution in [0.2, 0.25) is 0 Å². The summed E-state index contributed by atoms with van der Waals surface area (Å²) in [5.41, 5.74) is 2.12. The molecular formula is C10H11NO3S. The number of aromatic nitrogens is 1. The monoisotopic (exact) mass is 225 g/mol. The molecule has 1 heterocycles. The molecule has 0 bridgehead atoms. The van der Waals surface area contributed by atoms with Gasteiger partial charge in [-0.05, 0) is 17.7 Å². The number of benzene rings is 1. The van der Waals surface area contributed by atoms with Crippen LogP contribution in [-0.2, 0) is 15.6 Å². The zero-order valence-corrected chi connectivity index (χ0v) is 9.34. The number of fused-ring (bicyclic) bond motifs is 1. The fourth-order valence-corrected chi connectivity index (χ4v) is 2.27. The maximum absolute atomic E-state index is 11.1. The third-order valence-corrected chi connectivity index (χ3v) is 2.85. The van der Waals surface area contributed by atoms with Crippen molar-refractivity contribution in [1.29, 1.82) is 0 Å². The van der Waals surface area contributed by atoms with Crippen LogP contribution in [0.25, 0.3) is 11.1 Å². The first-order chi connectivity index (χ1) is 6.94. The first kappa shape index (κ1) is 10.2. The Kier molecular flexibility index (Phi) is 2.26. The average molecular weight is 225 g/mol. The third kappa shape index (κ3) is 2.36. The Labute approximate surface area is 87.8 Å². The van der Waals surface area contributed by atoms with E-state index in [-0.39, 0.29) is 5.75 Å². The second kappa shape index (κ2) is 3.34. The van der Waals surface area contributed by atoms with E-state index in [4.69, 9.17) is 4.42 Å². The Morgan fingerprint density at radius 1 is 1.40 bits per heavy atom. The molecule has 0 fully saturated rings. The molecule has 0 radical (unpaired) electrons. The molecule has 2 aromatic rings. The number of nitrogens with zero attached hydrogens (tertiary/aromatic N) is 1. The lowest BCUT2D eigenvalue weighted by Gasteiger charge is -1.97. The van der Waals surface area contributed by atoms with Gasteiger partial charge in [-0.1, -0.05) is 6.07 Å². The minimum absolute atomic E-state index is 0.0366. The third-order valence-electron chi connectivity index (χ3n) is 1.99. The molecule has 0 spiro atoms. The minimum Gasteiger partial charge on any atom is -0.441 e. The molecule has 2 rings (SSSR count). The van der Waals surface area contributed by atoms with Crippen molar-refractivity contribution < 1.29 is 12.8 Å². The molecule has 0 N–H and O–H groups in total. The predicted octanol–water partition coefficient (Wildman–Crippen LogP) is 1.68. The highest BCUT2D eigenvalue weighted by molar-refractivity contribution is 7.89. The van der Waals surface area contributed by atoms with Crippen LogP contribution < -0.4 is 0 Å². The maximum Gasteiger partial charge on any atom is 0.192 e. The zero-order valence-electron chi connectivity index (χ0n) is 8.52. The molecular weight excluding hydrogens is 214 g/mol. The van der Waals surface area contributed by atoms with E-state index in [0.29, 0.717) is 17.0 Å². The lowest BCUT2D eigenvalue weighted by Crippen LogP contribution is -2.00. The summed E-state index contributed by atoms with van der Waals surface area (Å²) in [5.74, 6) is 0.621. The molecule has 4 nitrogen and oxygen atoms in total. The van der Waals surface area contributed by atoms with Crippen molar-refractivity contribution in [3.05, 3.63) is 29.7 Å². The van der Waals surface area contributed by atoms with Crippen molar-refractivity contribution in [1.82, 2.24) is 4.98 Å². The van der Waals surface area contributed by atoms with E-state index < -0.39 is 9.84 Å². The van der Waals surface area contributed by atoms with Gasteiger partial charge in [0.25, 0.3) is 0 Å². The van der Waals surface area contributed by atoms with Crippen LogP contribution in [0, 0.1) is 6.92 Å². The molecule has 0 unspecified atom stereocenters. The van der Waals surface area contributed by atoms with E-state index in [2.05, 4.69) is 4.98 Å². The number of hydrogen-bond donors (Lipinski definition) is 0. The molecule has 0 saturated heterocycles. The van der Waals surface area contributed by atoms with Crippen LogP contribution in [-0.4, -0.2) is 19.7 Å². The van der Waals surface area contributed by atoms with Crippen LogP contribution >= 0.6 is 0 Å². The van der Waals surface area contributed by atoms with Crippen molar-refractivity contribution in [3.8, 4) is 0 Å². The van der Waals surface area contributed by atoms with Gasteiger partial charge in [-0.3, -0.25) is 0 Å². The van der Waals surface area contributed by atoms with Crippen molar-refractivity contribution in [3.63, 3.8) is 0 Å². The molecule has 0 aliphatic rings. The number of aryl methyl sites for hydroxylation is 1. The van der Waals surface area contributed by atoms with Crippen molar-refractivity contribution in [2.75, 3.05) is 6.26 Å². The highest BCUT2D eigenvalue weighted by Gasteiger charge is 2.07. The van der Waals surface area contributed by atoms with E-state index in [0.717, 1.165) is 5.56 Å². The van der Waals surface area contributed by atoms with Gasteiger partial charge in [0.15, 0.2) is 21.3 Å². The van der Waals surface area contributed by atoms with Gasteiger partial charge in [-0.2, -0.15) is 0 Å². The highest BCUT2D eigenvalue weighted by atomic mass is 32.2. The predicted molar refractivity (Wildman–Crippen MR) is 57.3 cm³/mol. The van der Waals surface area contributed by atoms with Gasteiger partial charge in [0.1, 0.15) is 5.52 Å². The van der Waals surface area contributed by atoms with E-state index in [1.54, 1.807) is 25.1 Å². The van der Waals surface area contributed by atoms with Gasteiger partial charge >= 0.3 is 0 Å². The summed E-state index contributed by atoms with van der Waals surface area (Å²) in [6.07, 6.45) is 1.21. The second-order valence-corrected chi connectivity index (χ2v) is 5.75. The maximum atomic E-state index is 11.1. The van der Waals surface area contributed by atoms with Crippen LogP contribution in [0.3, 0.4) is 0 Å². The van der Waals surface area contributed by atoms with Crippen molar-refractivity contribution in [2.45, 2.75) is 12.7 Å². The van der Waals surface area contributed by atoms with Gasteiger partial charge < -0.3 is 4.42 Å². The number of sulfone groups is 1. The second-order valence-electron chi connectivity index (χ2n) is 3.61. The molecule has 0 aliphatic carbocycles. The smallest absolute Gasteiger partial charge is 0.192 e. The SMILES string of the molecule is Cc1nc2cc(CS(C)(=O)=O)ccc2o1. The van der Waals surface area contributed by atoms with Gasteiger partial charge in [-0.15, -0.1) is 0 Å². The summed E-state index contributed by atoms with van der Waals surface area (Å²) < 4.78 is 27.5. The lowest BCUT2D eigenvalue weighted by molar-refractivity contribution is 0.561. The van der Waals surface area contributed by atoms with E-state index in [9.17, 15) is 8.42 Å². The Morgan fingerprint density at radius 2 is 2.13 bits per heavy atom. The van der Waals surface area contributed by atoms with Crippen molar-refractivity contribution >= 4 is 20.9 Å². The molecule has 1 aromatic carbocycles. The van der Waals surface area contributed by atoms with E-state index >= 15 is 0 Å². The number of hydrogen-bond acceptors (Lipinski definition) is 4. The quantitative estimate of drug-likeness (QED) is 0.780. The fourth-order valence-electron chi connectivity index (χ4n) is 1.48. The van der Waals surface area contributed by atoms with Crippen LogP contribution in [0.4, 0.5) is 0 Å². The number of rotatable bonds is 2. The zero-order chi connectivity index (χ0) is 11.1. The summed E-state index contributed by atoms with van der Waals surface area (Å²) in [5, 5.41) is 0. The Hall–Kier alpha value is -1.36. The molecule has 15 heavy (non-hydrogen) atoms. The molecule has 0 saturated carbocycles. The Morgan fingerprint density at radius 3 is 2.80 bits per heavy atom. The topological polar surface area (TPSA) is 60.2 Å². The van der Waals surface area contributed by atoms with Gasteiger partial charge in [0.05, 0.1) is 5.75 Å². The van der Waals surface area contributed by atoms with Gasteiger partial charge in [0, 0.05) is 13.2 Å². The summed E-state index contributed by atoms with van der Waals surface area (Å²) in [6.45, 7) is 1.76. The molecule has 0 amide bonds. The van der Waals surface area contributed by atoms with Crippen LogP contribution in [0.5, 0.6) is 0 Å². The summed E-state index contributed by atoms with van der Waals surface area (Å²) >= 11 is 0. The fraction of sp³-hybridized carbons (Fsp3) is 0.300. The van der Waals surface area contributed by atoms with Crippen molar-refractivity contribution in [2.24, 2.45) is 0 Å². The van der Waals surface area contributed by atoms with Crippen LogP contribution in [0.15, 0.2) is 22.6 Å². The molecule has 5 heteroatoms. The molecule has 0 atom stereocenters. The Bertz CT molecular complexity index is 598. The molecule has 0 aliphatic heterocycles. The van der Waals surface area contributed by atoms with Gasteiger partial charge in [0.2, 0.25) is 0 Å². The normalized spacial score (nSPS) is 12.1. The highest BCUT2D eigenvalue weighted by Crippen LogP contribution is 2.17. The summed E-state index contributed by atoms with van der Waals surface area (Å²) in [7, 11) is -3.00. The lowest BCUT2D eigenvalue weighted by atomic mass is 10.2.